The lowest BCUT2D eigenvalue weighted by Crippen LogP contribution is -2.47. The summed E-state index contributed by atoms with van der Waals surface area (Å²) in [6.45, 7) is 2.94. The molecule has 6 nitrogen and oxygen atoms in total. The summed E-state index contributed by atoms with van der Waals surface area (Å²) < 4.78 is 5.27. The Labute approximate surface area is 99.0 Å². The Hall–Kier alpha value is -1.40. The number of aryl methyl sites for hydroxylation is 1. The normalized spacial score (nSPS) is 18.9. The van der Waals surface area contributed by atoms with Crippen LogP contribution in [0.3, 0.4) is 0 Å². The third-order valence-electron chi connectivity index (χ3n) is 3.01. The summed E-state index contributed by atoms with van der Waals surface area (Å²) in [6.07, 6.45) is 1.41. The van der Waals surface area contributed by atoms with Gasteiger partial charge in [0, 0.05) is 19.3 Å². The zero-order valence-corrected chi connectivity index (χ0v) is 9.82. The van der Waals surface area contributed by atoms with Crippen molar-refractivity contribution in [2.45, 2.75) is 25.3 Å². The molecule has 1 aliphatic rings. The molecule has 1 aromatic heterocycles. The average molecular weight is 239 g/mol. The molecule has 0 unspecified atom stereocenters. The smallest absolute Gasteiger partial charge is 0.252 e. The minimum atomic E-state index is -0.425. The van der Waals surface area contributed by atoms with E-state index in [0.29, 0.717) is 37.7 Å². The Morgan fingerprint density at radius 3 is 2.88 bits per heavy atom. The predicted molar refractivity (Wildman–Crippen MR) is 63.1 cm³/mol. The number of rotatable bonds is 3. The van der Waals surface area contributed by atoms with Crippen molar-refractivity contribution < 1.29 is 9.84 Å². The van der Waals surface area contributed by atoms with Gasteiger partial charge in [-0.2, -0.15) is 0 Å². The van der Waals surface area contributed by atoms with Crippen molar-refractivity contribution in [2.24, 2.45) is 0 Å². The largest absolute Gasteiger partial charge is 0.394 e. The number of ether oxygens (including phenoxy) is 1. The maximum Gasteiger partial charge on any atom is 0.252 e. The van der Waals surface area contributed by atoms with Crippen molar-refractivity contribution in [1.29, 1.82) is 0 Å². The van der Waals surface area contributed by atoms with Crippen molar-refractivity contribution in [3.8, 4) is 0 Å². The van der Waals surface area contributed by atoms with Crippen LogP contribution in [-0.4, -0.2) is 40.4 Å². The van der Waals surface area contributed by atoms with Gasteiger partial charge in [-0.25, -0.2) is 4.98 Å². The summed E-state index contributed by atoms with van der Waals surface area (Å²) in [5, 5.41) is 12.7. The van der Waals surface area contributed by atoms with Crippen molar-refractivity contribution in [3.63, 3.8) is 0 Å². The first kappa shape index (κ1) is 12.1. The monoisotopic (exact) mass is 239 g/mol. The van der Waals surface area contributed by atoms with Crippen LogP contribution in [0.15, 0.2) is 10.9 Å². The SMILES string of the molecule is Cc1nc(NC2(CO)CCOCC2)cc(=O)[nH]1. The molecule has 0 spiro atoms. The Bertz CT molecular complexity index is 438. The van der Waals surface area contributed by atoms with Crippen molar-refractivity contribution in [2.75, 3.05) is 25.1 Å². The molecule has 2 heterocycles. The molecule has 0 amide bonds. The van der Waals surface area contributed by atoms with Gasteiger partial charge in [-0.3, -0.25) is 4.79 Å². The van der Waals surface area contributed by atoms with Crippen molar-refractivity contribution >= 4 is 5.82 Å². The summed E-state index contributed by atoms with van der Waals surface area (Å²) in [5.74, 6) is 1.06. The van der Waals surface area contributed by atoms with E-state index in [9.17, 15) is 9.90 Å². The molecule has 3 N–H and O–H groups in total. The number of anilines is 1. The van der Waals surface area contributed by atoms with E-state index in [1.165, 1.54) is 6.07 Å². The number of aliphatic hydroxyl groups excluding tert-OH is 1. The third-order valence-corrected chi connectivity index (χ3v) is 3.01. The number of hydrogen-bond donors (Lipinski definition) is 3. The molecule has 94 valence electrons. The average Bonchev–Trinajstić information content (AvgIpc) is 2.29. The fraction of sp³-hybridized carbons (Fsp3) is 0.636. The highest BCUT2D eigenvalue weighted by Crippen LogP contribution is 2.24. The quantitative estimate of drug-likeness (QED) is 0.692. The second kappa shape index (κ2) is 4.85. The number of H-pyrrole nitrogens is 1. The van der Waals surface area contributed by atoms with Gasteiger partial charge in [0.25, 0.3) is 5.56 Å². The van der Waals surface area contributed by atoms with E-state index < -0.39 is 5.54 Å². The van der Waals surface area contributed by atoms with Crippen LogP contribution in [0, 0.1) is 6.92 Å². The van der Waals surface area contributed by atoms with Crippen LogP contribution in [0.1, 0.15) is 18.7 Å². The molecule has 6 heteroatoms. The molecule has 17 heavy (non-hydrogen) atoms. The molecule has 1 saturated heterocycles. The molecule has 0 atom stereocenters. The van der Waals surface area contributed by atoms with Gasteiger partial charge < -0.3 is 20.1 Å². The van der Waals surface area contributed by atoms with Gasteiger partial charge in [-0.05, 0) is 19.8 Å². The summed E-state index contributed by atoms with van der Waals surface area (Å²) >= 11 is 0. The molecule has 0 radical (unpaired) electrons. The number of aliphatic hydroxyl groups is 1. The molecule has 0 bridgehead atoms. The van der Waals surface area contributed by atoms with E-state index in [-0.39, 0.29) is 12.2 Å². The molecule has 2 rings (SSSR count). The summed E-state index contributed by atoms with van der Waals surface area (Å²) in [5.41, 5.74) is -0.619. The molecule has 0 aliphatic carbocycles. The van der Waals surface area contributed by atoms with Crippen LogP contribution in [0.4, 0.5) is 5.82 Å². The van der Waals surface area contributed by atoms with Crippen LogP contribution in [-0.2, 0) is 4.74 Å². The fourth-order valence-electron chi connectivity index (χ4n) is 2.00. The zero-order valence-electron chi connectivity index (χ0n) is 9.82. The highest BCUT2D eigenvalue weighted by atomic mass is 16.5. The number of nitrogens with one attached hydrogen (secondary N) is 2. The van der Waals surface area contributed by atoms with Gasteiger partial charge in [-0.1, -0.05) is 0 Å². The van der Waals surface area contributed by atoms with Crippen molar-refractivity contribution in [1.82, 2.24) is 9.97 Å². The topological polar surface area (TPSA) is 87.2 Å². The van der Waals surface area contributed by atoms with Crippen LogP contribution in [0.25, 0.3) is 0 Å². The fourth-order valence-corrected chi connectivity index (χ4v) is 2.00. The van der Waals surface area contributed by atoms with Gasteiger partial charge >= 0.3 is 0 Å². The number of hydrogen-bond acceptors (Lipinski definition) is 5. The minimum absolute atomic E-state index is 0.00386. The first-order chi connectivity index (χ1) is 8.13. The van der Waals surface area contributed by atoms with E-state index in [1.807, 2.05) is 0 Å². The van der Waals surface area contributed by atoms with Crippen LogP contribution < -0.4 is 10.9 Å². The molecule has 0 saturated carbocycles. The van der Waals surface area contributed by atoms with Gasteiger partial charge in [0.05, 0.1) is 12.1 Å². The molecule has 1 aliphatic heterocycles. The van der Waals surface area contributed by atoms with E-state index in [4.69, 9.17) is 4.74 Å². The lowest BCUT2D eigenvalue weighted by molar-refractivity contribution is 0.0378. The van der Waals surface area contributed by atoms with Gasteiger partial charge in [0.2, 0.25) is 0 Å². The van der Waals surface area contributed by atoms with Gasteiger partial charge in [-0.15, -0.1) is 0 Å². The van der Waals surface area contributed by atoms with Gasteiger partial charge in [0.1, 0.15) is 11.6 Å². The maximum atomic E-state index is 11.3. The maximum absolute atomic E-state index is 11.3. The number of aromatic amines is 1. The Balaban J connectivity index is 2.20. The van der Waals surface area contributed by atoms with E-state index in [0.717, 1.165) is 0 Å². The van der Waals surface area contributed by atoms with E-state index in [1.54, 1.807) is 6.92 Å². The second-order valence-electron chi connectivity index (χ2n) is 4.39. The lowest BCUT2D eigenvalue weighted by Gasteiger charge is -2.36. The molecular weight excluding hydrogens is 222 g/mol. The van der Waals surface area contributed by atoms with Crippen LogP contribution >= 0.6 is 0 Å². The summed E-state index contributed by atoms with van der Waals surface area (Å²) in [4.78, 5) is 18.1. The highest BCUT2D eigenvalue weighted by Gasteiger charge is 2.32. The Morgan fingerprint density at radius 2 is 2.29 bits per heavy atom. The molecule has 0 aromatic carbocycles. The van der Waals surface area contributed by atoms with E-state index >= 15 is 0 Å². The number of nitrogens with zero attached hydrogens (tertiary/aromatic N) is 1. The molecule has 1 aromatic rings. The highest BCUT2D eigenvalue weighted by molar-refractivity contribution is 5.37. The first-order valence-electron chi connectivity index (χ1n) is 5.68. The lowest BCUT2D eigenvalue weighted by atomic mass is 9.91. The zero-order chi connectivity index (χ0) is 12.3. The van der Waals surface area contributed by atoms with E-state index in [2.05, 4.69) is 15.3 Å². The second-order valence-corrected chi connectivity index (χ2v) is 4.39. The Morgan fingerprint density at radius 1 is 1.59 bits per heavy atom. The third kappa shape index (κ3) is 2.83. The standard InChI is InChI=1S/C11H17N3O3/c1-8-12-9(6-10(16)13-8)14-11(7-15)2-4-17-5-3-11/h6,15H,2-5,7H2,1H3,(H2,12,13,14,16). The van der Waals surface area contributed by atoms with Gasteiger partial charge in [0.15, 0.2) is 0 Å². The summed E-state index contributed by atoms with van der Waals surface area (Å²) in [7, 11) is 0. The number of aromatic nitrogens is 2. The van der Waals surface area contributed by atoms with Crippen LogP contribution in [0.2, 0.25) is 0 Å². The van der Waals surface area contributed by atoms with Crippen LogP contribution in [0.5, 0.6) is 0 Å². The summed E-state index contributed by atoms with van der Waals surface area (Å²) in [6, 6.07) is 1.40. The molecule has 1 fully saturated rings. The Kier molecular flexibility index (Phi) is 3.44. The predicted octanol–water partition coefficient (Wildman–Crippen LogP) is 0.0317. The van der Waals surface area contributed by atoms with Crippen molar-refractivity contribution in [3.05, 3.63) is 22.2 Å². The first-order valence-corrected chi connectivity index (χ1v) is 5.68. The minimum Gasteiger partial charge on any atom is -0.394 e. The molecular formula is C11H17N3O3.